The SMILES string of the molecule is CN=C(NCCc1cccc(C(=O)NC)c1)N1CCC(OCC2CCCCO2)CC1. The smallest absolute Gasteiger partial charge is 0.251 e. The minimum atomic E-state index is -0.0549. The molecule has 2 saturated heterocycles. The summed E-state index contributed by atoms with van der Waals surface area (Å²) in [4.78, 5) is 18.6. The predicted octanol–water partition coefficient (Wildman–Crippen LogP) is 2.21. The van der Waals surface area contributed by atoms with Gasteiger partial charge in [-0.3, -0.25) is 9.79 Å². The van der Waals surface area contributed by atoms with Gasteiger partial charge in [-0.25, -0.2) is 0 Å². The number of nitrogens with zero attached hydrogens (tertiary/aromatic N) is 2. The first-order valence-electron chi connectivity index (χ1n) is 11.2. The van der Waals surface area contributed by atoms with E-state index in [0.29, 0.717) is 11.7 Å². The third kappa shape index (κ3) is 6.71. The zero-order valence-corrected chi connectivity index (χ0v) is 18.4. The van der Waals surface area contributed by atoms with Crippen molar-refractivity contribution in [3.8, 4) is 0 Å². The molecule has 1 atom stereocenters. The molecule has 0 spiro atoms. The van der Waals surface area contributed by atoms with E-state index in [1.54, 1.807) is 7.05 Å². The Kier molecular flexibility index (Phi) is 8.96. The molecule has 2 fully saturated rings. The Hall–Kier alpha value is -2.12. The van der Waals surface area contributed by atoms with Crippen molar-refractivity contribution in [3.63, 3.8) is 0 Å². The fourth-order valence-electron chi connectivity index (χ4n) is 4.08. The van der Waals surface area contributed by atoms with Gasteiger partial charge >= 0.3 is 0 Å². The van der Waals surface area contributed by atoms with E-state index in [0.717, 1.165) is 70.1 Å². The fraction of sp³-hybridized carbons (Fsp3) is 0.652. The van der Waals surface area contributed by atoms with Crippen molar-refractivity contribution in [1.29, 1.82) is 0 Å². The molecule has 3 rings (SSSR count). The molecular weight excluding hydrogens is 380 g/mol. The van der Waals surface area contributed by atoms with Crippen LogP contribution in [-0.2, 0) is 15.9 Å². The number of guanidine groups is 1. The normalized spacial score (nSPS) is 20.8. The number of nitrogens with one attached hydrogen (secondary N) is 2. The Morgan fingerprint density at radius 2 is 2.10 bits per heavy atom. The third-order valence-electron chi connectivity index (χ3n) is 5.86. The van der Waals surface area contributed by atoms with Crippen LogP contribution in [0.1, 0.15) is 48.0 Å². The van der Waals surface area contributed by atoms with E-state index in [4.69, 9.17) is 9.47 Å². The number of hydrogen-bond acceptors (Lipinski definition) is 4. The summed E-state index contributed by atoms with van der Waals surface area (Å²) in [6, 6.07) is 7.76. The highest BCUT2D eigenvalue weighted by Gasteiger charge is 2.23. The minimum Gasteiger partial charge on any atom is -0.376 e. The third-order valence-corrected chi connectivity index (χ3v) is 5.86. The number of hydrogen-bond donors (Lipinski definition) is 2. The maximum absolute atomic E-state index is 11.8. The highest BCUT2D eigenvalue weighted by molar-refractivity contribution is 5.94. The maximum atomic E-state index is 11.8. The molecule has 0 aromatic heterocycles. The van der Waals surface area contributed by atoms with Crippen molar-refractivity contribution in [1.82, 2.24) is 15.5 Å². The van der Waals surface area contributed by atoms with E-state index in [9.17, 15) is 4.79 Å². The number of carbonyl (C=O) groups is 1. The van der Waals surface area contributed by atoms with E-state index in [1.165, 1.54) is 12.8 Å². The summed E-state index contributed by atoms with van der Waals surface area (Å²) in [6.45, 7) is 4.28. The van der Waals surface area contributed by atoms with Crippen LogP contribution in [0, 0.1) is 0 Å². The number of rotatable bonds is 7. The Bertz CT molecular complexity index is 695. The summed E-state index contributed by atoms with van der Waals surface area (Å²) < 4.78 is 11.9. The molecule has 1 aromatic carbocycles. The molecule has 2 heterocycles. The van der Waals surface area contributed by atoms with Crippen LogP contribution in [0.2, 0.25) is 0 Å². The molecule has 1 aromatic rings. The Balaban J connectivity index is 1.38. The topological polar surface area (TPSA) is 75.2 Å². The van der Waals surface area contributed by atoms with Gasteiger partial charge in [0.2, 0.25) is 0 Å². The van der Waals surface area contributed by atoms with Gasteiger partial charge in [-0.15, -0.1) is 0 Å². The van der Waals surface area contributed by atoms with E-state index in [1.807, 2.05) is 25.2 Å². The lowest BCUT2D eigenvalue weighted by Crippen LogP contribution is -2.47. The van der Waals surface area contributed by atoms with Gasteiger partial charge in [0.05, 0.1) is 18.8 Å². The minimum absolute atomic E-state index is 0.0549. The summed E-state index contributed by atoms with van der Waals surface area (Å²) >= 11 is 0. The van der Waals surface area contributed by atoms with Gasteiger partial charge in [-0.2, -0.15) is 0 Å². The van der Waals surface area contributed by atoms with Crippen molar-refractivity contribution in [2.75, 3.05) is 46.9 Å². The largest absolute Gasteiger partial charge is 0.376 e. The molecule has 2 aliphatic heterocycles. The zero-order valence-electron chi connectivity index (χ0n) is 18.4. The van der Waals surface area contributed by atoms with Crippen molar-refractivity contribution in [2.45, 2.75) is 50.7 Å². The van der Waals surface area contributed by atoms with E-state index < -0.39 is 0 Å². The number of aliphatic imine (C=N–C) groups is 1. The Labute approximate surface area is 180 Å². The van der Waals surface area contributed by atoms with E-state index in [-0.39, 0.29) is 12.0 Å². The molecule has 0 bridgehead atoms. The number of carbonyl (C=O) groups excluding carboxylic acids is 1. The first-order valence-corrected chi connectivity index (χ1v) is 11.2. The van der Waals surface area contributed by atoms with Crippen molar-refractivity contribution >= 4 is 11.9 Å². The van der Waals surface area contributed by atoms with Crippen LogP contribution in [0.3, 0.4) is 0 Å². The second-order valence-corrected chi connectivity index (χ2v) is 8.01. The van der Waals surface area contributed by atoms with Crippen molar-refractivity contribution in [3.05, 3.63) is 35.4 Å². The Morgan fingerprint density at radius 3 is 2.80 bits per heavy atom. The van der Waals surface area contributed by atoms with Crippen LogP contribution in [0.5, 0.6) is 0 Å². The summed E-state index contributed by atoms with van der Waals surface area (Å²) in [5, 5.41) is 6.13. The number of piperidine rings is 1. The lowest BCUT2D eigenvalue weighted by molar-refractivity contribution is -0.0721. The standard InChI is InChI=1S/C23H36N4O3/c1-24-22(28)19-7-5-6-18(16-19)9-12-26-23(25-2)27-13-10-20(11-14-27)30-17-21-8-3-4-15-29-21/h5-7,16,20-21H,3-4,8-15,17H2,1-2H3,(H,24,28)(H,25,26). The van der Waals surface area contributed by atoms with Crippen LogP contribution >= 0.6 is 0 Å². The van der Waals surface area contributed by atoms with E-state index in [2.05, 4.69) is 26.6 Å². The maximum Gasteiger partial charge on any atom is 0.251 e. The van der Waals surface area contributed by atoms with Gasteiger partial charge in [0, 0.05) is 45.9 Å². The van der Waals surface area contributed by atoms with Gasteiger partial charge in [-0.05, 0) is 56.2 Å². The molecule has 2 N–H and O–H groups in total. The van der Waals surface area contributed by atoms with E-state index >= 15 is 0 Å². The van der Waals surface area contributed by atoms with Crippen LogP contribution in [-0.4, -0.2) is 75.9 Å². The molecule has 0 aliphatic carbocycles. The number of likely N-dealkylation sites (tertiary alicyclic amines) is 1. The molecular formula is C23H36N4O3. The molecule has 0 saturated carbocycles. The predicted molar refractivity (Wildman–Crippen MR) is 119 cm³/mol. The van der Waals surface area contributed by atoms with Crippen LogP contribution in [0.25, 0.3) is 0 Å². The summed E-state index contributed by atoms with van der Waals surface area (Å²) in [7, 11) is 3.48. The monoisotopic (exact) mass is 416 g/mol. The van der Waals surface area contributed by atoms with Gasteiger partial charge < -0.3 is 25.0 Å². The molecule has 1 amide bonds. The first-order chi connectivity index (χ1) is 14.7. The fourth-order valence-corrected chi connectivity index (χ4v) is 4.08. The Morgan fingerprint density at radius 1 is 1.27 bits per heavy atom. The highest BCUT2D eigenvalue weighted by Crippen LogP contribution is 2.18. The molecule has 30 heavy (non-hydrogen) atoms. The number of benzene rings is 1. The van der Waals surface area contributed by atoms with Gasteiger partial charge in [0.25, 0.3) is 5.91 Å². The summed E-state index contributed by atoms with van der Waals surface area (Å²) in [5.74, 6) is 0.882. The first kappa shape index (κ1) is 22.6. The van der Waals surface area contributed by atoms with Crippen molar-refractivity contribution < 1.29 is 14.3 Å². The van der Waals surface area contributed by atoms with Gasteiger partial charge in [0.1, 0.15) is 0 Å². The molecule has 7 nitrogen and oxygen atoms in total. The summed E-state index contributed by atoms with van der Waals surface area (Å²) in [6.07, 6.45) is 7.03. The van der Waals surface area contributed by atoms with Crippen LogP contribution < -0.4 is 10.6 Å². The molecule has 2 aliphatic rings. The highest BCUT2D eigenvalue weighted by atomic mass is 16.5. The van der Waals surface area contributed by atoms with Crippen LogP contribution in [0.4, 0.5) is 0 Å². The molecule has 0 radical (unpaired) electrons. The zero-order chi connectivity index (χ0) is 21.2. The average Bonchev–Trinajstić information content (AvgIpc) is 2.81. The van der Waals surface area contributed by atoms with Gasteiger partial charge in [0.15, 0.2) is 5.96 Å². The average molecular weight is 417 g/mol. The lowest BCUT2D eigenvalue weighted by Gasteiger charge is -2.35. The second kappa shape index (κ2) is 11.9. The molecule has 166 valence electrons. The van der Waals surface area contributed by atoms with Crippen LogP contribution in [0.15, 0.2) is 29.3 Å². The number of ether oxygens (including phenoxy) is 2. The summed E-state index contributed by atoms with van der Waals surface area (Å²) in [5.41, 5.74) is 1.83. The van der Waals surface area contributed by atoms with Gasteiger partial charge in [-0.1, -0.05) is 12.1 Å². The van der Waals surface area contributed by atoms with Crippen molar-refractivity contribution in [2.24, 2.45) is 4.99 Å². The molecule has 7 heteroatoms. The number of amides is 1. The second-order valence-electron chi connectivity index (χ2n) is 8.01. The quantitative estimate of drug-likeness (QED) is 0.527. The molecule has 1 unspecified atom stereocenters. The lowest BCUT2D eigenvalue weighted by atomic mass is 10.1.